The molecule has 4 heteroatoms. The molecular weight excluding hydrogens is 378 g/mol. The Morgan fingerprint density at radius 3 is 2.77 bits per heavy atom. The van der Waals surface area contributed by atoms with E-state index in [1.807, 2.05) is 18.2 Å². The molecule has 13 heavy (non-hydrogen) atoms. The predicted molar refractivity (Wildman–Crippen MR) is 57.3 cm³/mol. The molecule has 1 radical (unpaired) electrons. The van der Waals surface area contributed by atoms with Crippen molar-refractivity contribution in [1.29, 1.82) is 0 Å². The average Bonchev–Trinajstić information content (AvgIpc) is 2.05. The normalized spacial score (nSPS) is 9.00. The summed E-state index contributed by atoms with van der Waals surface area (Å²) < 4.78 is 0.452. The van der Waals surface area contributed by atoms with Crippen molar-refractivity contribution in [2.75, 3.05) is 0 Å². The van der Waals surface area contributed by atoms with E-state index in [2.05, 4.69) is 11.9 Å². The Labute approximate surface area is 103 Å². The first-order valence-electron chi connectivity index (χ1n) is 3.91. The Bertz CT molecular complexity index is 289. The van der Waals surface area contributed by atoms with Crippen molar-refractivity contribution < 1.29 is 20.1 Å². The first kappa shape index (κ1) is 13.1. The van der Waals surface area contributed by atoms with Gasteiger partial charge < -0.3 is 24.8 Å². The number of nitrogens with zero attached hydrogens (tertiary/aromatic N) is 1. The Morgan fingerprint density at radius 1 is 1.54 bits per heavy atom. The van der Waals surface area contributed by atoms with Gasteiger partial charge in [0.1, 0.15) is 0 Å². The molecule has 0 aliphatic rings. The van der Waals surface area contributed by atoms with Crippen LogP contribution in [0.4, 0.5) is 0 Å². The number of aryl methyl sites for hydroxylation is 1. The van der Waals surface area contributed by atoms with Crippen LogP contribution >= 0.6 is 12.2 Å². The fourth-order valence-corrected chi connectivity index (χ4v) is 1.22. The number of hydrogen-bond donors (Lipinski definition) is 0. The molecule has 1 nitrogen and oxygen atoms in total. The summed E-state index contributed by atoms with van der Waals surface area (Å²) in [7, 11) is 0. The first-order valence-corrected chi connectivity index (χ1v) is 4.73. The summed E-state index contributed by atoms with van der Waals surface area (Å²) in [6.07, 6.45) is 2.09. The third-order valence-electron chi connectivity index (χ3n) is 1.52. The molecule has 0 unspecified atom stereocenters. The van der Waals surface area contributed by atoms with Crippen LogP contribution in [0.2, 0.25) is 0 Å². The maximum atomic E-state index is 4.86. The summed E-state index contributed by atoms with van der Waals surface area (Å²) in [5, 5.41) is 0. The van der Waals surface area contributed by atoms with Crippen LogP contribution in [0.25, 0.3) is 0 Å². The minimum Gasteiger partial charge on any atom is -0.427 e. The molecular formula is C9H10IrNS2-. The van der Waals surface area contributed by atoms with Gasteiger partial charge in [0.25, 0.3) is 0 Å². The van der Waals surface area contributed by atoms with Gasteiger partial charge in [-0.2, -0.15) is 0 Å². The topological polar surface area (TPSA) is 12.9 Å². The monoisotopic (exact) mass is 389 g/mol. The van der Waals surface area contributed by atoms with Gasteiger partial charge in [0.2, 0.25) is 0 Å². The molecule has 0 saturated heterocycles. The summed E-state index contributed by atoms with van der Waals surface area (Å²) in [6, 6.07) is 5.81. The van der Waals surface area contributed by atoms with E-state index in [9.17, 15) is 0 Å². The van der Waals surface area contributed by atoms with E-state index in [1.54, 1.807) is 0 Å². The van der Waals surface area contributed by atoms with Gasteiger partial charge in [-0.05, 0) is 18.6 Å². The van der Waals surface area contributed by atoms with Crippen molar-refractivity contribution in [2.45, 2.75) is 19.8 Å². The van der Waals surface area contributed by atoms with Crippen LogP contribution < -0.4 is 0 Å². The summed E-state index contributed by atoms with van der Waals surface area (Å²) in [5.74, 6) is 0. The number of hydrogen-bond acceptors (Lipinski definition) is 3. The zero-order valence-corrected chi connectivity index (χ0v) is 11.3. The van der Waals surface area contributed by atoms with Gasteiger partial charge in [-0.25, -0.2) is 0 Å². The van der Waals surface area contributed by atoms with Crippen molar-refractivity contribution in [3.05, 3.63) is 29.6 Å². The van der Waals surface area contributed by atoms with Crippen LogP contribution in [0, 0.1) is 0 Å². The molecule has 1 heterocycles. The summed E-state index contributed by atoms with van der Waals surface area (Å²) in [6.45, 7) is 2.13. The third kappa shape index (κ3) is 4.23. The van der Waals surface area contributed by atoms with E-state index in [4.69, 9.17) is 24.8 Å². The molecule has 0 aliphatic carbocycles. The fourth-order valence-electron chi connectivity index (χ4n) is 0.989. The van der Waals surface area contributed by atoms with Crippen LogP contribution in [0.1, 0.15) is 24.7 Å². The number of aromatic nitrogens is 1. The molecule has 1 aromatic rings. The molecule has 0 N–H and O–H groups in total. The molecule has 0 saturated carbocycles. The first-order chi connectivity index (χ1) is 5.74. The Hall–Kier alpha value is 0.109. The third-order valence-corrected chi connectivity index (χ3v) is 1.94. The van der Waals surface area contributed by atoms with Gasteiger partial charge in [0.15, 0.2) is 0 Å². The molecule has 0 bridgehead atoms. The van der Waals surface area contributed by atoms with E-state index in [1.165, 1.54) is 0 Å². The van der Waals surface area contributed by atoms with Crippen molar-refractivity contribution in [2.24, 2.45) is 0 Å². The molecule has 73 valence electrons. The number of thiocarbonyl (C=S) groups is 1. The van der Waals surface area contributed by atoms with Crippen LogP contribution in [-0.4, -0.2) is 9.18 Å². The summed E-state index contributed by atoms with van der Waals surface area (Å²) >= 11 is 9.72. The average molecular weight is 389 g/mol. The van der Waals surface area contributed by atoms with Gasteiger partial charge >= 0.3 is 0 Å². The zero-order valence-electron chi connectivity index (χ0n) is 7.24. The largest absolute Gasteiger partial charge is 0.427 e. The maximum Gasteiger partial charge on any atom is 0.0511 e. The Kier molecular flexibility index (Phi) is 6.60. The summed E-state index contributed by atoms with van der Waals surface area (Å²) in [5.41, 5.74) is 1.83. The standard InChI is InChI=1S/C9H11NS2.Ir/c1-2-4-7-5-3-6-8(10-7)9(11)12;/h3,5-6H,2,4H2,1H3,(H,11,12);/p-1. The minimum atomic E-state index is 0. The van der Waals surface area contributed by atoms with E-state index >= 15 is 0 Å². The second-order valence-corrected chi connectivity index (χ2v) is 3.63. The SMILES string of the molecule is CCCc1cccc(C(=S)[S-])n1.[Ir]. The van der Waals surface area contributed by atoms with Crippen molar-refractivity contribution in [1.82, 2.24) is 4.98 Å². The molecule has 0 amide bonds. The van der Waals surface area contributed by atoms with E-state index in [-0.39, 0.29) is 20.1 Å². The van der Waals surface area contributed by atoms with Crippen molar-refractivity contribution >= 4 is 29.0 Å². The second-order valence-electron chi connectivity index (χ2n) is 2.55. The van der Waals surface area contributed by atoms with Crippen LogP contribution in [0.15, 0.2) is 18.2 Å². The number of pyridine rings is 1. The van der Waals surface area contributed by atoms with E-state index in [0.717, 1.165) is 24.2 Å². The zero-order chi connectivity index (χ0) is 8.97. The molecule has 0 fully saturated rings. The Balaban J connectivity index is 0.00000144. The van der Waals surface area contributed by atoms with E-state index in [0.29, 0.717) is 4.20 Å². The van der Waals surface area contributed by atoms with Gasteiger partial charge in [-0.1, -0.05) is 19.4 Å². The second kappa shape index (κ2) is 6.55. The van der Waals surface area contributed by atoms with Crippen LogP contribution in [0.3, 0.4) is 0 Å². The van der Waals surface area contributed by atoms with Gasteiger partial charge in [-0.3, -0.25) is 4.98 Å². The molecule has 0 aliphatic heterocycles. The van der Waals surface area contributed by atoms with Crippen LogP contribution in [-0.2, 0) is 39.2 Å². The number of rotatable bonds is 3. The predicted octanol–water partition coefficient (Wildman–Crippen LogP) is 2.25. The van der Waals surface area contributed by atoms with Gasteiger partial charge in [0, 0.05) is 25.8 Å². The maximum absolute atomic E-state index is 4.86. The Morgan fingerprint density at radius 2 is 2.23 bits per heavy atom. The van der Waals surface area contributed by atoms with Crippen molar-refractivity contribution in [3.63, 3.8) is 0 Å². The van der Waals surface area contributed by atoms with Crippen LogP contribution in [0.5, 0.6) is 0 Å². The van der Waals surface area contributed by atoms with Gasteiger partial charge in [0.05, 0.1) is 5.69 Å². The van der Waals surface area contributed by atoms with E-state index < -0.39 is 0 Å². The molecule has 0 spiro atoms. The minimum absolute atomic E-state index is 0. The van der Waals surface area contributed by atoms with Gasteiger partial charge in [-0.15, -0.1) is 4.20 Å². The molecule has 0 atom stereocenters. The smallest absolute Gasteiger partial charge is 0.0511 e. The van der Waals surface area contributed by atoms with Crippen molar-refractivity contribution in [3.8, 4) is 0 Å². The molecule has 1 rings (SSSR count). The quantitative estimate of drug-likeness (QED) is 0.582. The molecule has 1 aromatic heterocycles. The summed E-state index contributed by atoms with van der Waals surface area (Å²) in [4.78, 5) is 4.32. The fraction of sp³-hybridized carbons (Fsp3) is 0.333. The molecule has 0 aromatic carbocycles.